The van der Waals surface area contributed by atoms with Crippen LogP contribution in [0.4, 0.5) is 0 Å². The zero-order valence-electron chi connectivity index (χ0n) is 15.9. The highest BCUT2D eigenvalue weighted by atomic mass is 32.2. The SMILES string of the molecule is COc1ccc(-n2c(SCc3ccccc3C)nnc2-c2ccccc2)cc1. The fourth-order valence-corrected chi connectivity index (χ4v) is 4.04. The molecule has 140 valence electrons. The Morgan fingerprint density at radius 1 is 0.857 bits per heavy atom. The van der Waals surface area contributed by atoms with E-state index in [0.29, 0.717) is 0 Å². The number of hydrogen-bond donors (Lipinski definition) is 0. The number of rotatable bonds is 6. The third-order valence-corrected chi connectivity index (χ3v) is 5.59. The average Bonchev–Trinajstić information content (AvgIpc) is 3.18. The Kier molecular flexibility index (Phi) is 5.44. The van der Waals surface area contributed by atoms with Gasteiger partial charge in [-0.1, -0.05) is 66.4 Å². The summed E-state index contributed by atoms with van der Waals surface area (Å²) in [6.45, 7) is 2.14. The van der Waals surface area contributed by atoms with Crippen molar-refractivity contribution in [2.24, 2.45) is 0 Å². The molecule has 4 nitrogen and oxygen atoms in total. The van der Waals surface area contributed by atoms with Crippen LogP contribution < -0.4 is 4.74 Å². The van der Waals surface area contributed by atoms with Gasteiger partial charge < -0.3 is 4.74 Å². The lowest BCUT2D eigenvalue weighted by atomic mass is 10.1. The number of ether oxygens (including phenoxy) is 1. The molecular formula is C23H21N3OS. The summed E-state index contributed by atoms with van der Waals surface area (Å²) in [5.41, 5.74) is 4.64. The normalized spacial score (nSPS) is 10.8. The van der Waals surface area contributed by atoms with E-state index in [9.17, 15) is 0 Å². The van der Waals surface area contributed by atoms with E-state index in [1.807, 2.05) is 42.5 Å². The van der Waals surface area contributed by atoms with Crippen molar-refractivity contribution < 1.29 is 4.74 Å². The predicted octanol–water partition coefficient (Wildman–Crippen LogP) is 5.54. The quantitative estimate of drug-likeness (QED) is 0.407. The summed E-state index contributed by atoms with van der Waals surface area (Å²) < 4.78 is 7.41. The molecule has 0 bridgehead atoms. The van der Waals surface area contributed by atoms with Gasteiger partial charge in [-0.05, 0) is 42.3 Å². The molecule has 1 heterocycles. The second-order valence-corrected chi connectivity index (χ2v) is 7.36. The third-order valence-electron chi connectivity index (χ3n) is 4.61. The van der Waals surface area contributed by atoms with E-state index >= 15 is 0 Å². The molecule has 0 aliphatic rings. The van der Waals surface area contributed by atoms with Crippen molar-refractivity contribution in [3.8, 4) is 22.8 Å². The van der Waals surface area contributed by atoms with Gasteiger partial charge in [0.2, 0.25) is 0 Å². The van der Waals surface area contributed by atoms with E-state index in [2.05, 4.69) is 58.1 Å². The number of methoxy groups -OCH3 is 1. The molecule has 1 aromatic heterocycles. The molecule has 28 heavy (non-hydrogen) atoms. The van der Waals surface area contributed by atoms with Crippen molar-refractivity contribution in [2.45, 2.75) is 17.8 Å². The van der Waals surface area contributed by atoms with Gasteiger partial charge in [-0.15, -0.1) is 10.2 Å². The van der Waals surface area contributed by atoms with Gasteiger partial charge in [0.15, 0.2) is 11.0 Å². The Morgan fingerprint density at radius 2 is 1.57 bits per heavy atom. The predicted molar refractivity (Wildman–Crippen MR) is 114 cm³/mol. The largest absolute Gasteiger partial charge is 0.497 e. The number of aromatic nitrogens is 3. The van der Waals surface area contributed by atoms with Crippen molar-refractivity contribution in [1.29, 1.82) is 0 Å². The molecule has 0 saturated carbocycles. The van der Waals surface area contributed by atoms with Crippen LogP contribution in [0.25, 0.3) is 17.1 Å². The number of thioether (sulfide) groups is 1. The van der Waals surface area contributed by atoms with Crippen LogP contribution in [-0.4, -0.2) is 21.9 Å². The molecule has 0 radical (unpaired) electrons. The Labute approximate surface area is 169 Å². The standard InChI is InChI=1S/C23H21N3OS/c1-17-8-6-7-11-19(17)16-28-23-25-24-22(18-9-4-3-5-10-18)26(23)20-12-14-21(27-2)15-13-20/h3-15H,16H2,1-2H3. The highest BCUT2D eigenvalue weighted by Crippen LogP contribution is 2.30. The molecule has 0 fully saturated rings. The molecular weight excluding hydrogens is 366 g/mol. The molecule has 0 unspecified atom stereocenters. The van der Waals surface area contributed by atoms with Crippen molar-refractivity contribution in [3.05, 3.63) is 90.0 Å². The van der Waals surface area contributed by atoms with Gasteiger partial charge in [0, 0.05) is 17.0 Å². The molecule has 3 aromatic carbocycles. The van der Waals surface area contributed by atoms with Gasteiger partial charge in [-0.2, -0.15) is 0 Å². The summed E-state index contributed by atoms with van der Waals surface area (Å²) in [4.78, 5) is 0. The first kappa shape index (κ1) is 18.3. The van der Waals surface area contributed by atoms with Crippen LogP contribution in [0.15, 0.2) is 84.0 Å². The van der Waals surface area contributed by atoms with E-state index in [1.54, 1.807) is 18.9 Å². The summed E-state index contributed by atoms with van der Waals surface area (Å²) in [5.74, 6) is 2.50. The maximum absolute atomic E-state index is 5.30. The lowest BCUT2D eigenvalue weighted by Crippen LogP contribution is -2.00. The fraction of sp³-hybridized carbons (Fsp3) is 0.130. The maximum Gasteiger partial charge on any atom is 0.196 e. The smallest absolute Gasteiger partial charge is 0.196 e. The van der Waals surface area contributed by atoms with Gasteiger partial charge in [-0.3, -0.25) is 4.57 Å². The Morgan fingerprint density at radius 3 is 2.29 bits per heavy atom. The number of benzene rings is 3. The molecule has 5 heteroatoms. The second-order valence-electron chi connectivity index (χ2n) is 6.42. The number of aryl methyl sites for hydroxylation is 1. The Bertz CT molecular complexity index is 1060. The minimum Gasteiger partial charge on any atom is -0.497 e. The molecule has 0 atom stereocenters. The van der Waals surface area contributed by atoms with Crippen LogP contribution in [0.2, 0.25) is 0 Å². The molecule has 4 rings (SSSR count). The van der Waals surface area contributed by atoms with Crippen LogP contribution in [-0.2, 0) is 5.75 Å². The van der Waals surface area contributed by atoms with Crippen LogP contribution in [0.1, 0.15) is 11.1 Å². The molecule has 0 N–H and O–H groups in total. The van der Waals surface area contributed by atoms with Crippen LogP contribution in [0, 0.1) is 6.92 Å². The van der Waals surface area contributed by atoms with Gasteiger partial charge in [0.25, 0.3) is 0 Å². The summed E-state index contributed by atoms with van der Waals surface area (Å²) in [6.07, 6.45) is 0. The summed E-state index contributed by atoms with van der Waals surface area (Å²) in [6, 6.07) is 26.6. The summed E-state index contributed by atoms with van der Waals surface area (Å²) >= 11 is 1.69. The molecule has 0 spiro atoms. The first-order valence-corrected chi connectivity index (χ1v) is 10.1. The van der Waals surface area contributed by atoms with E-state index in [-0.39, 0.29) is 0 Å². The fourth-order valence-electron chi connectivity index (χ4n) is 3.02. The van der Waals surface area contributed by atoms with Crippen molar-refractivity contribution in [2.75, 3.05) is 7.11 Å². The van der Waals surface area contributed by atoms with E-state index in [1.165, 1.54) is 11.1 Å². The van der Waals surface area contributed by atoms with Crippen molar-refractivity contribution >= 4 is 11.8 Å². The monoisotopic (exact) mass is 387 g/mol. The van der Waals surface area contributed by atoms with E-state index < -0.39 is 0 Å². The van der Waals surface area contributed by atoms with Gasteiger partial charge in [-0.25, -0.2) is 0 Å². The number of nitrogens with zero attached hydrogens (tertiary/aromatic N) is 3. The highest BCUT2D eigenvalue weighted by molar-refractivity contribution is 7.98. The van der Waals surface area contributed by atoms with Gasteiger partial charge >= 0.3 is 0 Å². The third kappa shape index (κ3) is 3.80. The zero-order valence-corrected chi connectivity index (χ0v) is 16.7. The zero-order chi connectivity index (χ0) is 19.3. The minimum absolute atomic E-state index is 0.826. The van der Waals surface area contributed by atoms with Crippen molar-refractivity contribution in [3.63, 3.8) is 0 Å². The molecule has 0 amide bonds. The second kappa shape index (κ2) is 8.31. The summed E-state index contributed by atoms with van der Waals surface area (Å²) in [5, 5.41) is 9.87. The maximum atomic E-state index is 5.30. The number of hydrogen-bond acceptors (Lipinski definition) is 4. The first-order chi connectivity index (χ1) is 13.8. The van der Waals surface area contributed by atoms with Crippen molar-refractivity contribution in [1.82, 2.24) is 14.8 Å². The van der Waals surface area contributed by atoms with Crippen LogP contribution >= 0.6 is 11.8 Å². The molecule has 0 saturated heterocycles. The van der Waals surface area contributed by atoms with Crippen LogP contribution in [0.5, 0.6) is 5.75 Å². The van der Waals surface area contributed by atoms with E-state index in [4.69, 9.17) is 4.74 Å². The van der Waals surface area contributed by atoms with Crippen LogP contribution in [0.3, 0.4) is 0 Å². The molecule has 4 aromatic rings. The lowest BCUT2D eigenvalue weighted by Gasteiger charge is -2.11. The highest BCUT2D eigenvalue weighted by Gasteiger charge is 2.16. The van der Waals surface area contributed by atoms with Gasteiger partial charge in [0.05, 0.1) is 7.11 Å². The topological polar surface area (TPSA) is 39.9 Å². The first-order valence-electron chi connectivity index (χ1n) is 9.09. The molecule has 0 aliphatic carbocycles. The average molecular weight is 388 g/mol. The Hall–Kier alpha value is -3.05. The Balaban J connectivity index is 1.73. The van der Waals surface area contributed by atoms with E-state index in [0.717, 1.165) is 33.7 Å². The molecule has 0 aliphatic heterocycles. The summed E-state index contributed by atoms with van der Waals surface area (Å²) in [7, 11) is 1.67. The lowest BCUT2D eigenvalue weighted by molar-refractivity contribution is 0.414. The minimum atomic E-state index is 0.826. The van der Waals surface area contributed by atoms with Gasteiger partial charge in [0.1, 0.15) is 5.75 Å².